The van der Waals surface area contributed by atoms with Crippen LogP contribution in [0.3, 0.4) is 0 Å². The van der Waals surface area contributed by atoms with E-state index in [4.69, 9.17) is 0 Å². The third kappa shape index (κ3) is 4.11. The molecule has 1 heterocycles. The third-order valence-electron chi connectivity index (χ3n) is 4.21. The molecule has 120 valence electrons. The minimum absolute atomic E-state index is 0.0233. The van der Waals surface area contributed by atoms with Crippen LogP contribution >= 0.6 is 0 Å². The second kappa shape index (κ2) is 7.29. The summed E-state index contributed by atoms with van der Waals surface area (Å²) in [5.41, 5.74) is 3.41. The normalized spacial score (nSPS) is 14.9. The number of carbonyl (C=O) groups excluding carboxylic acids is 1. The molecular weight excluding hydrogens is 286 g/mol. The largest absolute Gasteiger partial charge is 0.322 e. The van der Waals surface area contributed by atoms with E-state index in [0.29, 0.717) is 6.67 Å². The quantitative estimate of drug-likeness (QED) is 0.937. The molecule has 2 aromatic carbocycles. The number of rotatable bonds is 4. The SMILES string of the molecule is CCc1ccc(NC(=O)N2CCN(Cc3ccccc3)C2)cc1. The van der Waals surface area contributed by atoms with Crippen molar-refractivity contribution in [3.05, 3.63) is 65.7 Å². The fraction of sp³-hybridized carbons (Fsp3) is 0.316. The Hall–Kier alpha value is -2.33. The van der Waals surface area contributed by atoms with Crippen LogP contribution in [0.4, 0.5) is 10.5 Å². The van der Waals surface area contributed by atoms with Gasteiger partial charge in [-0.1, -0.05) is 49.4 Å². The van der Waals surface area contributed by atoms with Crippen molar-refractivity contribution < 1.29 is 4.79 Å². The van der Waals surface area contributed by atoms with Crippen LogP contribution < -0.4 is 5.32 Å². The Morgan fingerprint density at radius 2 is 1.74 bits per heavy atom. The van der Waals surface area contributed by atoms with Crippen molar-refractivity contribution >= 4 is 11.7 Å². The van der Waals surface area contributed by atoms with Gasteiger partial charge < -0.3 is 10.2 Å². The summed E-state index contributed by atoms with van der Waals surface area (Å²) in [7, 11) is 0. The third-order valence-corrected chi connectivity index (χ3v) is 4.21. The van der Waals surface area contributed by atoms with Crippen LogP contribution in [0, 0.1) is 0 Å². The molecule has 2 amide bonds. The Kier molecular flexibility index (Phi) is 4.93. The van der Waals surface area contributed by atoms with E-state index in [1.165, 1.54) is 11.1 Å². The van der Waals surface area contributed by atoms with Gasteiger partial charge >= 0.3 is 6.03 Å². The van der Waals surface area contributed by atoms with E-state index in [2.05, 4.69) is 53.5 Å². The van der Waals surface area contributed by atoms with Gasteiger partial charge in [0.25, 0.3) is 0 Å². The molecule has 3 rings (SSSR count). The number of benzene rings is 2. The smallest absolute Gasteiger partial charge is 0.310 e. The summed E-state index contributed by atoms with van der Waals surface area (Å²) >= 11 is 0. The number of nitrogens with one attached hydrogen (secondary N) is 1. The highest BCUT2D eigenvalue weighted by atomic mass is 16.2. The lowest BCUT2D eigenvalue weighted by Gasteiger charge is -2.19. The van der Waals surface area contributed by atoms with Crippen LogP contribution in [0.15, 0.2) is 54.6 Å². The van der Waals surface area contributed by atoms with Gasteiger partial charge in [-0.05, 0) is 29.7 Å². The van der Waals surface area contributed by atoms with Crippen LogP contribution in [-0.4, -0.2) is 35.6 Å². The summed E-state index contributed by atoms with van der Waals surface area (Å²) in [6.07, 6.45) is 1.01. The fourth-order valence-electron chi connectivity index (χ4n) is 2.81. The molecule has 23 heavy (non-hydrogen) atoms. The number of hydrogen-bond acceptors (Lipinski definition) is 2. The standard InChI is InChI=1S/C19H23N3O/c1-2-16-8-10-18(11-9-16)20-19(23)22-13-12-21(15-22)14-17-6-4-3-5-7-17/h3-11H,2,12-15H2,1H3,(H,20,23). The first-order valence-corrected chi connectivity index (χ1v) is 8.16. The van der Waals surface area contributed by atoms with Gasteiger partial charge in [0, 0.05) is 25.3 Å². The Balaban J connectivity index is 1.52. The predicted molar refractivity (Wildman–Crippen MR) is 93.3 cm³/mol. The van der Waals surface area contributed by atoms with Gasteiger partial charge in [-0.3, -0.25) is 4.90 Å². The summed E-state index contributed by atoms with van der Waals surface area (Å²) in [5, 5.41) is 2.98. The Morgan fingerprint density at radius 3 is 2.43 bits per heavy atom. The predicted octanol–water partition coefficient (Wildman–Crippen LogP) is 3.56. The summed E-state index contributed by atoms with van der Waals surface area (Å²) < 4.78 is 0. The topological polar surface area (TPSA) is 35.6 Å². The summed E-state index contributed by atoms with van der Waals surface area (Å²) in [4.78, 5) is 16.5. The first-order valence-electron chi connectivity index (χ1n) is 8.16. The molecule has 0 unspecified atom stereocenters. The molecule has 0 atom stereocenters. The van der Waals surface area contributed by atoms with E-state index in [1.807, 2.05) is 23.1 Å². The number of anilines is 1. The molecule has 0 aromatic heterocycles. The molecule has 1 saturated heterocycles. The zero-order chi connectivity index (χ0) is 16.1. The van der Waals surface area contributed by atoms with E-state index < -0.39 is 0 Å². The molecule has 0 spiro atoms. The van der Waals surface area contributed by atoms with Crippen molar-refractivity contribution in [3.8, 4) is 0 Å². The van der Waals surface area contributed by atoms with Gasteiger partial charge in [0.2, 0.25) is 0 Å². The maximum atomic E-state index is 12.4. The van der Waals surface area contributed by atoms with Crippen LogP contribution in [0.25, 0.3) is 0 Å². The molecule has 0 saturated carbocycles. The molecule has 0 aliphatic carbocycles. The van der Waals surface area contributed by atoms with Crippen molar-refractivity contribution in [1.29, 1.82) is 0 Å². The first-order chi connectivity index (χ1) is 11.2. The lowest BCUT2D eigenvalue weighted by molar-refractivity contribution is 0.207. The summed E-state index contributed by atoms with van der Waals surface area (Å²) in [6, 6.07) is 18.4. The highest BCUT2D eigenvalue weighted by molar-refractivity contribution is 5.89. The summed E-state index contributed by atoms with van der Waals surface area (Å²) in [6.45, 7) is 5.37. The lowest BCUT2D eigenvalue weighted by atomic mass is 10.1. The lowest BCUT2D eigenvalue weighted by Crippen LogP contribution is -2.34. The minimum atomic E-state index is -0.0233. The Morgan fingerprint density at radius 1 is 1.00 bits per heavy atom. The molecule has 1 aliphatic heterocycles. The second-order valence-electron chi connectivity index (χ2n) is 5.92. The maximum absolute atomic E-state index is 12.4. The van der Waals surface area contributed by atoms with Crippen LogP contribution in [0.5, 0.6) is 0 Å². The zero-order valence-corrected chi connectivity index (χ0v) is 13.5. The molecule has 4 heteroatoms. The molecular formula is C19H23N3O. The van der Waals surface area contributed by atoms with E-state index in [9.17, 15) is 4.79 Å². The zero-order valence-electron chi connectivity index (χ0n) is 13.5. The molecule has 1 N–H and O–H groups in total. The van der Waals surface area contributed by atoms with Gasteiger partial charge in [-0.25, -0.2) is 4.79 Å². The van der Waals surface area contributed by atoms with Crippen LogP contribution in [0.1, 0.15) is 18.1 Å². The van der Waals surface area contributed by atoms with Crippen molar-refractivity contribution in [3.63, 3.8) is 0 Å². The number of hydrogen-bond donors (Lipinski definition) is 1. The average molecular weight is 309 g/mol. The highest BCUT2D eigenvalue weighted by Crippen LogP contribution is 2.14. The number of urea groups is 1. The van der Waals surface area contributed by atoms with E-state index >= 15 is 0 Å². The van der Waals surface area contributed by atoms with E-state index in [0.717, 1.165) is 31.7 Å². The van der Waals surface area contributed by atoms with Crippen molar-refractivity contribution in [2.45, 2.75) is 19.9 Å². The number of carbonyl (C=O) groups is 1. The molecule has 1 fully saturated rings. The molecule has 2 aromatic rings. The maximum Gasteiger partial charge on any atom is 0.322 e. The van der Waals surface area contributed by atoms with E-state index in [1.54, 1.807) is 0 Å². The van der Waals surface area contributed by atoms with Gasteiger partial charge in [0.1, 0.15) is 0 Å². The Bertz CT molecular complexity index is 639. The van der Waals surface area contributed by atoms with Gasteiger partial charge in [-0.2, -0.15) is 0 Å². The monoisotopic (exact) mass is 309 g/mol. The van der Waals surface area contributed by atoms with Crippen molar-refractivity contribution in [2.24, 2.45) is 0 Å². The van der Waals surface area contributed by atoms with Crippen LogP contribution in [0.2, 0.25) is 0 Å². The number of nitrogens with zero attached hydrogens (tertiary/aromatic N) is 2. The Labute approximate surface area is 137 Å². The van der Waals surface area contributed by atoms with Crippen molar-refractivity contribution in [1.82, 2.24) is 9.80 Å². The molecule has 1 aliphatic rings. The minimum Gasteiger partial charge on any atom is -0.310 e. The molecule has 0 radical (unpaired) electrons. The second-order valence-corrected chi connectivity index (χ2v) is 5.92. The van der Waals surface area contributed by atoms with Crippen molar-refractivity contribution in [2.75, 3.05) is 25.1 Å². The molecule has 4 nitrogen and oxygen atoms in total. The average Bonchev–Trinajstić information content (AvgIpc) is 3.05. The van der Waals surface area contributed by atoms with Gasteiger partial charge in [0.05, 0.1) is 6.67 Å². The van der Waals surface area contributed by atoms with Gasteiger partial charge in [-0.15, -0.1) is 0 Å². The fourth-order valence-corrected chi connectivity index (χ4v) is 2.81. The van der Waals surface area contributed by atoms with E-state index in [-0.39, 0.29) is 6.03 Å². The van der Waals surface area contributed by atoms with Gasteiger partial charge in [0.15, 0.2) is 0 Å². The first kappa shape index (κ1) is 15.6. The summed E-state index contributed by atoms with van der Waals surface area (Å²) in [5.74, 6) is 0. The van der Waals surface area contributed by atoms with Crippen LogP contribution in [-0.2, 0) is 13.0 Å². The molecule has 0 bridgehead atoms. The number of aryl methyl sites for hydroxylation is 1. The highest BCUT2D eigenvalue weighted by Gasteiger charge is 2.24. The number of amides is 2.